The van der Waals surface area contributed by atoms with Crippen molar-refractivity contribution in [3.8, 4) is 5.75 Å². The number of nitrogens with zero attached hydrogens (tertiary/aromatic N) is 3. The molecule has 1 aromatic rings. The number of ether oxygens (including phenoxy) is 2. The first-order valence-corrected chi connectivity index (χ1v) is 17.2. The molecular weight excluding hydrogens is 570 g/mol. The molecule has 1 unspecified atom stereocenters. The van der Waals surface area contributed by atoms with Gasteiger partial charge in [0.05, 0.1) is 24.0 Å². The van der Waals surface area contributed by atoms with Gasteiger partial charge in [0.2, 0.25) is 17.7 Å². The van der Waals surface area contributed by atoms with E-state index < -0.39 is 29.1 Å². The molecule has 9 nitrogen and oxygen atoms in total. The van der Waals surface area contributed by atoms with Gasteiger partial charge < -0.3 is 29.3 Å². The molecule has 6 rings (SSSR count). The van der Waals surface area contributed by atoms with Gasteiger partial charge in [0.1, 0.15) is 17.4 Å². The zero-order valence-corrected chi connectivity index (χ0v) is 26.9. The molecule has 0 bridgehead atoms. The monoisotopic (exact) mass is 619 g/mol. The maximum atomic E-state index is 14.7. The number of aliphatic hydroxyl groups is 1. The van der Waals surface area contributed by atoms with E-state index in [4.69, 9.17) is 9.47 Å². The molecule has 1 aliphatic carbocycles. The van der Waals surface area contributed by atoms with Crippen molar-refractivity contribution >= 4 is 23.4 Å². The number of hydrogen-bond donors (Lipinski definition) is 1. The minimum Gasteiger partial charge on any atom is -0.494 e. The smallest absolute Gasteiger partial charge is 0.249 e. The third kappa shape index (κ3) is 5.50. The van der Waals surface area contributed by atoms with Gasteiger partial charge in [-0.1, -0.05) is 63.3 Å². The van der Waals surface area contributed by atoms with Gasteiger partial charge in [-0.05, 0) is 63.3 Å². The lowest BCUT2D eigenvalue weighted by Crippen LogP contribution is -2.57. The van der Waals surface area contributed by atoms with Crippen LogP contribution < -0.4 is 9.64 Å². The Balaban J connectivity index is 1.39. The molecule has 5 aliphatic rings. The lowest BCUT2D eigenvalue weighted by atomic mass is 9.73. The Kier molecular flexibility index (Phi) is 9.39. The highest BCUT2D eigenvalue weighted by molar-refractivity contribution is 6.04. The van der Waals surface area contributed by atoms with Crippen LogP contribution in [0.1, 0.15) is 78.1 Å². The van der Waals surface area contributed by atoms with Crippen LogP contribution in [0.15, 0.2) is 48.6 Å². The van der Waals surface area contributed by atoms with E-state index in [1.807, 2.05) is 67.3 Å². The number of rotatable bonds is 11. The van der Waals surface area contributed by atoms with Crippen LogP contribution in [0.25, 0.3) is 0 Å². The number of carbonyl (C=O) groups is 3. The molecule has 1 aromatic carbocycles. The Morgan fingerprint density at radius 1 is 0.867 bits per heavy atom. The van der Waals surface area contributed by atoms with E-state index in [2.05, 4.69) is 0 Å². The summed E-state index contributed by atoms with van der Waals surface area (Å²) >= 11 is 0. The Hall–Kier alpha value is -3.17. The van der Waals surface area contributed by atoms with Crippen molar-refractivity contribution in [2.75, 3.05) is 37.7 Å². The highest BCUT2D eigenvalue weighted by Crippen LogP contribution is 2.59. The fourth-order valence-corrected chi connectivity index (χ4v) is 8.61. The average molecular weight is 620 g/mol. The number of anilines is 1. The number of fused-ring (bicyclic) bond motifs is 2. The summed E-state index contributed by atoms with van der Waals surface area (Å²) in [5.74, 6) is -1.23. The topological polar surface area (TPSA) is 99.6 Å². The summed E-state index contributed by atoms with van der Waals surface area (Å²) in [6.07, 6.45) is 16.9. The first-order valence-electron chi connectivity index (χ1n) is 17.2. The van der Waals surface area contributed by atoms with Crippen LogP contribution in [0.4, 0.5) is 5.69 Å². The Morgan fingerprint density at radius 3 is 2.31 bits per heavy atom. The van der Waals surface area contributed by atoms with Gasteiger partial charge in [-0.15, -0.1) is 0 Å². The molecule has 3 amide bonds. The molecule has 1 N–H and O–H groups in total. The van der Waals surface area contributed by atoms with Crippen molar-refractivity contribution in [1.82, 2.24) is 9.80 Å². The van der Waals surface area contributed by atoms with Gasteiger partial charge in [-0.3, -0.25) is 14.4 Å². The second-order valence-electron chi connectivity index (χ2n) is 13.3. The second kappa shape index (κ2) is 13.3. The minimum absolute atomic E-state index is 0.0550. The van der Waals surface area contributed by atoms with Gasteiger partial charge in [-0.2, -0.15) is 0 Å². The van der Waals surface area contributed by atoms with Crippen molar-refractivity contribution in [2.45, 2.75) is 101 Å². The van der Waals surface area contributed by atoms with E-state index in [-0.39, 0.29) is 30.4 Å². The number of amides is 3. The third-order valence-electron chi connectivity index (χ3n) is 10.8. The number of likely N-dealkylation sites (tertiary alicyclic amines) is 1. The first-order chi connectivity index (χ1) is 21.9. The minimum atomic E-state index is -1.23. The zero-order valence-electron chi connectivity index (χ0n) is 26.9. The van der Waals surface area contributed by atoms with Crippen molar-refractivity contribution in [3.63, 3.8) is 0 Å². The second-order valence-corrected chi connectivity index (χ2v) is 13.3. The predicted octanol–water partition coefficient (Wildman–Crippen LogP) is 4.63. The standard InChI is InChI=1S/C36H49N3O6/c1-3-35-20-12-23-37(27-16-18-28(19-17-27)44-4-2)32(41)29(35)30-33(42)39(22-10-5-6-11-25-40)31-34(43)38(26-14-8-7-9-15-26)24-13-21-36(30,31)45-35/h12-13,16-21,26,29-31,40H,3-11,14-15,22-25H2,1-2H3/t29-,30-,31?,35+,36-/m0/s1. The number of hydrogen-bond acceptors (Lipinski definition) is 6. The van der Waals surface area contributed by atoms with Crippen LogP contribution in [0.3, 0.4) is 0 Å². The molecule has 4 aliphatic heterocycles. The van der Waals surface area contributed by atoms with Gasteiger partial charge >= 0.3 is 0 Å². The molecule has 1 spiro atoms. The molecule has 2 saturated heterocycles. The molecule has 0 aromatic heterocycles. The molecule has 45 heavy (non-hydrogen) atoms. The normalized spacial score (nSPS) is 31.6. The van der Waals surface area contributed by atoms with Crippen LogP contribution >= 0.6 is 0 Å². The van der Waals surface area contributed by atoms with Gasteiger partial charge in [0.15, 0.2) is 0 Å². The van der Waals surface area contributed by atoms with Crippen LogP contribution in [-0.2, 0) is 19.1 Å². The molecule has 9 heteroatoms. The van der Waals surface area contributed by atoms with Gasteiger partial charge in [0, 0.05) is 38.0 Å². The Bertz CT molecular complexity index is 1310. The largest absolute Gasteiger partial charge is 0.494 e. The lowest BCUT2D eigenvalue weighted by molar-refractivity contribution is -0.154. The summed E-state index contributed by atoms with van der Waals surface area (Å²) < 4.78 is 12.8. The summed E-state index contributed by atoms with van der Waals surface area (Å²) in [4.78, 5) is 49.7. The third-order valence-corrected chi connectivity index (χ3v) is 10.8. The Morgan fingerprint density at radius 2 is 1.60 bits per heavy atom. The van der Waals surface area contributed by atoms with Crippen LogP contribution in [0.2, 0.25) is 0 Å². The number of carbonyl (C=O) groups excluding carboxylic acids is 3. The van der Waals surface area contributed by atoms with Crippen molar-refractivity contribution < 1.29 is 29.0 Å². The molecule has 244 valence electrons. The van der Waals surface area contributed by atoms with E-state index in [1.165, 1.54) is 6.42 Å². The van der Waals surface area contributed by atoms with Crippen LogP contribution in [0.5, 0.6) is 5.75 Å². The summed E-state index contributed by atoms with van der Waals surface area (Å²) in [6, 6.07) is 6.83. The SMILES string of the molecule is CCOc1ccc(N2CC=C[C@@]3(CC)O[C@]45C=CCN(C6CCCCC6)C(=O)C4N(CCCCCCO)C(=O)[C@@H]5[C@H]3C2=O)cc1. The molecule has 5 atom stereocenters. The molecule has 4 heterocycles. The van der Waals surface area contributed by atoms with Crippen molar-refractivity contribution in [1.29, 1.82) is 0 Å². The van der Waals surface area contributed by atoms with Crippen LogP contribution in [-0.4, -0.2) is 88.8 Å². The van der Waals surface area contributed by atoms with E-state index in [9.17, 15) is 19.5 Å². The summed E-state index contributed by atoms with van der Waals surface area (Å²) in [7, 11) is 0. The zero-order chi connectivity index (χ0) is 31.6. The summed E-state index contributed by atoms with van der Waals surface area (Å²) in [6.45, 7) is 5.91. The summed E-state index contributed by atoms with van der Waals surface area (Å²) in [5, 5.41) is 9.26. The van der Waals surface area contributed by atoms with Crippen LogP contribution in [0, 0.1) is 11.8 Å². The fraction of sp³-hybridized carbons (Fsp3) is 0.639. The number of benzene rings is 1. The molecular formula is C36H49N3O6. The first kappa shape index (κ1) is 31.8. The predicted molar refractivity (Wildman–Crippen MR) is 172 cm³/mol. The highest BCUT2D eigenvalue weighted by atomic mass is 16.5. The van der Waals surface area contributed by atoms with Gasteiger partial charge in [-0.25, -0.2) is 0 Å². The van der Waals surface area contributed by atoms with E-state index in [0.717, 1.165) is 56.4 Å². The molecule has 3 fully saturated rings. The molecule has 0 radical (unpaired) electrons. The maximum Gasteiger partial charge on any atom is 0.249 e. The number of aliphatic hydroxyl groups excluding tert-OH is 1. The van der Waals surface area contributed by atoms with Crippen molar-refractivity contribution in [2.24, 2.45) is 11.8 Å². The quantitative estimate of drug-likeness (QED) is 0.287. The Labute approximate surface area is 267 Å². The van der Waals surface area contributed by atoms with Crippen molar-refractivity contribution in [3.05, 3.63) is 48.6 Å². The van der Waals surface area contributed by atoms with E-state index in [1.54, 1.807) is 9.80 Å². The lowest BCUT2D eigenvalue weighted by Gasteiger charge is -2.40. The molecule has 1 saturated carbocycles. The van der Waals surface area contributed by atoms with Gasteiger partial charge in [0.25, 0.3) is 0 Å². The highest BCUT2D eigenvalue weighted by Gasteiger charge is 2.75. The number of unbranched alkanes of at least 4 members (excludes halogenated alkanes) is 3. The average Bonchev–Trinajstić information content (AvgIpc) is 3.34. The fourth-order valence-electron chi connectivity index (χ4n) is 8.61. The van der Waals surface area contributed by atoms with E-state index >= 15 is 0 Å². The maximum absolute atomic E-state index is 14.7. The van der Waals surface area contributed by atoms with E-state index in [0.29, 0.717) is 39.1 Å². The summed E-state index contributed by atoms with van der Waals surface area (Å²) in [5.41, 5.74) is -1.50.